The van der Waals surface area contributed by atoms with Crippen molar-refractivity contribution in [3.63, 3.8) is 0 Å². The third kappa shape index (κ3) is 2.91. The standard InChI is InChI=1S/C11H11F3N2/c1-16-7-3-4-8-9(11(12,13)14)5-2-6-10(8)15/h2,5-6,16H,7,15H2,1H3. The average molecular weight is 228 g/mol. The molecule has 16 heavy (non-hydrogen) atoms. The zero-order valence-corrected chi connectivity index (χ0v) is 8.65. The first kappa shape index (κ1) is 12.4. The van der Waals surface area contributed by atoms with Crippen LogP contribution in [0.1, 0.15) is 11.1 Å². The van der Waals surface area contributed by atoms with Gasteiger partial charge in [0.1, 0.15) is 0 Å². The normalized spacial score (nSPS) is 10.8. The van der Waals surface area contributed by atoms with E-state index in [1.54, 1.807) is 7.05 Å². The van der Waals surface area contributed by atoms with Gasteiger partial charge < -0.3 is 11.1 Å². The molecular weight excluding hydrogens is 217 g/mol. The van der Waals surface area contributed by atoms with Gasteiger partial charge in [-0.25, -0.2) is 0 Å². The van der Waals surface area contributed by atoms with Crippen LogP contribution in [0.25, 0.3) is 0 Å². The summed E-state index contributed by atoms with van der Waals surface area (Å²) in [7, 11) is 1.66. The summed E-state index contributed by atoms with van der Waals surface area (Å²) in [5.74, 6) is 5.00. The first-order valence-corrected chi connectivity index (χ1v) is 4.56. The molecule has 3 N–H and O–H groups in total. The number of anilines is 1. The molecule has 0 saturated heterocycles. The highest BCUT2D eigenvalue weighted by atomic mass is 19.4. The monoisotopic (exact) mass is 228 g/mol. The number of alkyl halides is 3. The Hall–Kier alpha value is -1.67. The van der Waals surface area contributed by atoms with Gasteiger partial charge >= 0.3 is 6.18 Å². The first-order chi connectivity index (χ1) is 7.46. The summed E-state index contributed by atoms with van der Waals surface area (Å²) in [6.07, 6.45) is -4.43. The quantitative estimate of drug-likeness (QED) is 0.568. The van der Waals surface area contributed by atoms with Crippen molar-refractivity contribution in [1.82, 2.24) is 5.32 Å². The molecule has 5 heteroatoms. The van der Waals surface area contributed by atoms with E-state index in [-0.39, 0.29) is 11.3 Å². The lowest BCUT2D eigenvalue weighted by Crippen LogP contribution is -2.10. The number of nitrogens with two attached hydrogens (primary N) is 1. The van der Waals surface area contributed by atoms with Crippen molar-refractivity contribution in [2.24, 2.45) is 0 Å². The van der Waals surface area contributed by atoms with Crippen molar-refractivity contribution in [2.45, 2.75) is 6.18 Å². The van der Waals surface area contributed by atoms with Gasteiger partial charge in [0.25, 0.3) is 0 Å². The number of nitrogen functional groups attached to an aromatic ring is 1. The number of hydrogen-bond donors (Lipinski definition) is 2. The van der Waals surface area contributed by atoms with Crippen LogP contribution < -0.4 is 11.1 Å². The minimum atomic E-state index is -4.43. The van der Waals surface area contributed by atoms with Crippen LogP contribution in [0.4, 0.5) is 18.9 Å². The van der Waals surface area contributed by atoms with Crippen LogP contribution in [0.15, 0.2) is 18.2 Å². The van der Waals surface area contributed by atoms with Crippen LogP contribution in [0.5, 0.6) is 0 Å². The zero-order valence-electron chi connectivity index (χ0n) is 8.65. The predicted octanol–water partition coefficient (Wildman–Crippen LogP) is 1.86. The molecule has 1 aromatic rings. The predicted molar refractivity (Wildman–Crippen MR) is 56.7 cm³/mol. The molecule has 1 aromatic carbocycles. The summed E-state index contributed by atoms with van der Waals surface area (Å²) < 4.78 is 37.8. The van der Waals surface area contributed by atoms with Gasteiger partial charge in [-0.3, -0.25) is 0 Å². The fraction of sp³-hybridized carbons (Fsp3) is 0.273. The van der Waals surface area contributed by atoms with E-state index in [0.717, 1.165) is 6.07 Å². The lowest BCUT2D eigenvalue weighted by Gasteiger charge is -2.10. The average Bonchev–Trinajstić information content (AvgIpc) is 2.19. The maximum atomic E-state index is 12.6. The van der Waals surface area contributed by atoms with Crippen LogP contribution in [0.2, 0.25) is 0 Å². The largest absolute Gasteiger partial charge is 0.417 e. The number of benzene rings is 1. The van der Waals surface area contributed by atoms with Gasteiger partial charge in [0.2, 0.25) is 0 Å². The Morgan fingerprint density at radius 2 is 2.06 bits per heavy atom. The molecule has 0 unspecified atom stereocenters. The second kappa shape index (κ2) is 4.90. The Morgan fingerprint density at radius 3 is 2.62 bits per heavy atom. The summed E-state index contributed by atoms with van der Waals surface area (Å²) in [4.78, 5) is 0. The van der Waals surface area contributed by atoms with Crippen molar-refractivity contribution in [2.75, 3.05) is 19.3 Å². The highest BCUT2D eigenvalue weighted by Gasteiger charge is 2.33. The van der Waals surface area contributed by atoms with Crippen molar-refractivity contribution >= 4 is 5.69 Å². The smallest absolute Gasteiger partial charge is 0.398 e. The molecule has 0 saturated carbocycles. The van der Waals surface area contributed by atoms with E-state index < -0.39 is 11.7 Å². The van der Waals surface area contributed by atoms with E-state index in [1.807, 2.05) is 0 Å². The van der Waals surface area contributed by atoms with Crippen LogP contribution in [0, 0.1) is 11.8 Å². The van der Waals surface area contributed by atoms with Gasteiger partial charge in [0.05, 0.1) is 17.7 Å². The van der Waals surface area contributed by atoms with Crippen molar-refractivity contribution in [3.05, 3.63) is 29.3 Å². The van der Waals surface area contributed by atoms with Gasteiger partial charge in [-0.1, -0.05) is 17.9 Å². The van der Waals surface area contributed by atoms with Gasteiger partial charge in [-0.15, -0.1) is 0 Å². The maximum Gasteiger partial charge on any atom is 0.417 e. The lowest BCUT2D eigenvalue weighted by atomic mass is 10.1. The van der Waals surface area contributed by atoms with Crippen LogP contribution in [0.3, 0.4) is 0 Å². The molecule has 0 radical (unpaired) electrons. The highest BCUT2D eigenvalue weighted by Crippen LogP contribution is 2.33. The molecule has 0 fully saturated rings. The lowest BCUT2D eigenvalue weighted by molar-refractivity contribution is -0.137. The first-order valence-electron chi connectivity index (χ1n) is 4.56. The molecule has 0 aliphatic carbocycles. The van der Waals surface area contributed by atoms with Gasteiger partial charge in [-0.2, -0.15) is 13.2 Å². The zero-order chi connectivity index (χ0) is 12.2. The van der Waals surface area contributed by atoms with Crippen molar-refractivity contribution in [1.29, 1.82) is 0 Å². The van der Waals surface area contributed by atoms with E-state index >= 15 is 0 Å². The summed E-state index contributed by atoms with van der Waals surface area (Å²) in [6.45, 7) is 0.311. The molecule has 0 aliphatic rings. The van der Waals surface area contributed by atoms with E-state index in [9.17, 15) is 13.2 Å². The Labute approximate surface area is 91.6 Å². The number of halogens is 3. The molecule has 0 atom stereocenters. The summed E-state index contributed by atoms with van der Waals surface area (Å²) in [5, 5.41) is 2.72. The number of nitrogens with one attached hydrogen (secondary N) is 1. The second-order valence-electron chi connectivity index (χ2n) is 3.10. The van der Waals surface area contributed by atoms with E-state index in [2.05, 4.69) is 17.2 Å². The third-order valence-electron chi connectivity index (χ3n) is 1.88. The Morgan fingerprint density at radius 1 is 1.38 bits per heavy atom. The summed E-state index contributed by atoms with van der Waals surface area (Å²) in [6, 6.07) is 3.64. The Kier molecular flexibility index (Phi) is 3.80. The molecule has 0 heterocycles. The van der Waals surface area contributed by atoms with Gasteiger partial charge in [0.15, 0.2) is 0 Å². The van der Waals surface area contributed by atoms with Crippen molar-refractivity contribution < 1.29 is 13.2 Å². The number of hydrogen-bond acceptors (Lipinski definition) is 2. The molecule has 86 valence electrons. The second-order valence-corrected chi connectivity index (χ2v) is 3.10. The van der Waals surface area contributed by atoms with Crippen molar-refractivity contribution in [3.8, 4) is 11.8 Å². The highest BCUT2D eigenvalue weighted by molar-refractivity contribution is 5.60. The maximum absolute atomic E-state index is 12.6. The Balaban J connectivity index is 3.21. The molecule has 0 spiro atoms. The fourth-order valence-corrected chi connectivity index (χ4v) is 1.17. The van der Waals surface area contributed by atoms with Crippen LogP contribution in [-0.2, 0) is 6.18 Å². The molecule has 1 rings (SSSR count). The van der Waals surface area contributed by atoms with E-state index in [1.165, 1.54) is 12.1 Å². The molecule has 2 nitrogen and oxygen atoms in total. The van der Waals surface area contributed by atoms with Gasteiger partial charge in [-0.05, 0) is 19.2 Å². The molecular formula is C11H11F3N2. The number of rotatable bonds is 1. The van der Waals surface area contributed by atoms with E-state index in [4.69, 9.17) is 5.73 Å². The summed E-state index contributed by atoms with van der Waals surface area (Å²) >= 11 is 0. The third-order valence-corrected chi connectivity index (χ3v) is 1.88. The molecule has 0 bridgehead atoms. The topological polar surface area (TPSA) is 38.0 Å². The van der Waals surface area contributed by atoms with Gasteiger partial charge in [0, 0.05) is 5.69 Å². The molecule has 0 aliphatic heterocycles. The van der Waals surface area contributed by atoms with E-state index in [0.29, 0.717) is 6.54 Å². The molecule has 0 amide bonds. The van der Waals surface area contributed by atoms with Crippen LogP contribution in [-0.4, -0.2) is 13.6 Å². The Bertz CT molecular complexity index is 427. The minimum absolute atomic E-state index is 0.0402. The molecule has 0 aromatic heterocycles. The fourth-order valence-electron chi connectivity index (χ4n) is 1.17. The SMILES string of the molecule is CNCC#Cc1c(N)cccc1C(F)(F)F. The summed E-state index contributed by atoms with van der Waals surface area (Å²) in [5.41, 5.74) is 4.56. The van der Waals surface area contributed by atoms with Crippen LogP contribution >= 0.6 is 0 Å². The minimum Gasteiger partial charge on any atom is -0.398 e.